The van der Waals surface area contributed by atoms with E-state index in [1.54, 1.807) is 60.7 Å². The van der Waals surface area contributed by atoms with Crippen LogP contribution < -0.4 is 9.80 Å². The van der Waals surface area contributed by atoms with E-state index in [1.165, 1.54) is 0 Å². The maximum absolute atomic E-state index is 13.8. The molecule has 1 unspecified atom stereocenters. The molecular formula is C25H16Br2N2O3. The summed E-state index contributed by atoms with van der Waals surface area (Å²) in [4.78, 5) is 29.7. The zero-order valence-corrected chi connectivity index (χ0v) is 19.7. The molecule has 0 saturated carbocycles. The van der Waals surface area contributed by atoms with Crippen molar-refractivity contribution in [1.82, 2.24) is 0 Å². The standard InChI is InChI=1S/C25H16Br2N2O3/c26-17-8-12-19(13-9-17)28-23(30)25(32,22-7-3-5-16-4-1-2-6-21(16)22)29(24(28)31)20-14-10-18(27)11-15-20/h1-15,32H. The number of nitrogens with zero attached hydrogens (tertiary/aromatic N) is 2. The summed E-state index contributed by atoms with van der Waals surface area (Å²) in [6.45, 7) is 0. The zero-order valence-electron chi connectivity index (χ0n) is 16.6. The van der Waals surface area contributed by atoms with Gasteiger partial charge in [-0.25, -0.2) is 9.69 Å². The molecule has 0 aromatic heterocycles. The normalized spacial score (nSPS) is 18.6. The highest BCUT2D eigenvalue weighted by molar-refractivity contribution is 9.10. The van der Waals surface area contributed by atoms with Crippen LogP contribution >= 0.6 is 31.9 Å². The molecule has 158 valence electrons. The summed E-state index contributed by atoms with van der Waals surface area (Å²) in [5, 5.41) is 13.6. The van der Waals surface area contributed by atoms with Crippen molar-refractivity contribution in [1.29, 1.82) is 0 Å². The van der Waals surface area contributed by atoms with Crippen LogP contribution in [0.2, 0.25) is 0 Å². The molecule has 5 nitrogen and oxygen atoms in total. The van der Waals surface area contributed by atoms with Gasteiger partial charge in [-0.3, -0.25) is 9.69 Å². The minimum Gasteiger partial charge on any atom is -0.359 e. The van der Waals surface area contributed by atoms with Gasteiger partial charge in [-0.15, -0.1) is 0 Å². The van der Waals surface area contributed by atoms with Gasteiger partial charge < -0.3 is 5.11 Å². The van der Waals surface area contributed by atoms with Crippen LogP contribution in [0.1, 0.15) is 5.56 Å². The Balaban J connectivity index is 1.77. The van der Waals surface area contributed by atoms with Gasteiger partial charge in [-0.05, 0) is 59.3 Å². The summed E-state index contributed by atoms with van der Waals surface area (Å²) in [7, 11) is 0. The second-order valence-electron chi connectivity index (χ2n) is 7.41. The molecule has 3 amide bonds. The van der Waals surface area contributed by atoms with Crippen molar-refractivity contribution >= 4 is 65.9 Å². The van der Waals surface area contributed by atoms with Crippen molar-refractivity contribution < 1.29 is 14.7 Å². The number of amides is 3. The molecule has 0 bridgehead atoms. The lowest BCUT2D eigenvalue weighted by molar-refractivity contribution is -0.133. The van der Waals surface area contributed by atoms with Gasteiger partial charge >= 0.3 is 6.03 Å². The molecule has 1 saturated heterocycles. The van der Waals surface area contributed by atoms with Crippen LogP contribution in [0, 0.1) is 0 Å². The molecule has 1 fully saturated rings. The summed E-state index contributed by atoms with van der Waals surface area (Å²) in [6, 6.07) is 25.9. The number of benzene rings is 4. The first-order valence-corrected chi connectivity index (χ1v) is 11.4. The maximum atomic E-state index is 13.8. The summed E-state index contributed by atoms with van der Waals surface area (Å²) in [6.07, 6.45) is 0. The fourth-order valence-corrected chi connectivity index (χ4v) is 4.58. The number of carbonyl (C=O) groups excluding carboxylic acids is 2. The van der Waals surface area contributed by atoms with Crippen molar-refractivity contribution in [3.63, 3.8) is 0 Å². The molecule has 5 rings (SSSR count). The molecular weight excluding hydrogens is 536 g/mol. The lowest BCUT2D eigenvalue weighted by Crippen LogP contribution is -2.47. The predicted molar refractivity (Wildman–Crippen MR) is 131 cm³/mol. The van der Waals surface area contributed by atoms with Crippen LogP contribution in [0.15, 0.2) is 99.9 Å². The van der Waals surface area contributed by atoms with Gasteiger partial charge in [0.25, 0.3) is 11.6 Å². The fourth-order valence-electron chi connectivity index (χ4n) is 4.05. The van der Waals surface area contributed by atoms with Gasteiger partial charge in [-0.1, -0.05) is 74.3 Å². The molecule has 0 spiro atoms. The van der Waals surface area contributed by atoms with Gasteiger partial charge in [0.2, 0.25) is 0 Å². The number of hydrogen-bond donors (Lipinski definition) is 1. The van der Waals surface area contributed by atoms with E-state index >= 15 is 0 Å². The molecule has 0 radical (unpaired) electrons. The van der Waals surface area contributed by atoms with Crippen LogP contribution in [0.25, 0.3) is 10.8 Å². The van der Waals surface area contributed by atoms with Crippen LogP contribution in [0.3, 0.4) is 0 Å². The highest BCUT2D eigenvalue weighted by Crippen LogP contribution is 2.43. The van der Waals surface area contributed by atoms with E-state index in [0.717, 1.165) is 24.1 Å². The molecule has 7 heteroatoms. The van der Waals surface area contributed by atoms with Crippen molar-refractivity contribution in [3.05, 3.63) is 106 Å². The SMILES string of the molecule is O=C1N(c2ccc(Br)cc2)C(=O)C(O)(c2cccc3ccccc23)N1c1ccc(Br)cc1. The molecule has 1 aliphatic rings. The Morgan fingerprint density at radius 1 is 0.688 bits per heavy atom. The van der Waals surface area contributed by atoms with E-state index in [2.05, 4.69) is 31.9 Å². The van der Waals surface area contributed by atoms with Crippen LogP contribution in [0.5, 0.6) is 0 Å². The topological polar surface area (TPSA) is 60.9 Å². The third-order valence-corrected chi connectivity index (χ3v) is 6.60. The molecule has 0 aliphatic carbocycles. The van der Waals surface area contributed by atoms with E-state index < -0.39 is 17.7 Å². The van der Waals surface area contributed by atoms with E-state index in [9.17, 15) is 14.7 Å². The molecule has 4 aromatic carbocycles. The molecule has 32 heavy (non-hydrogen) atoms. The predicted octanol–water partition coefficient (Wildman–Crippen LogP) is 6.18. The Kier molecular flexibility index (Phi) is 5.12. The zero-order chi connectivity index (χ0) is 22.5. The summed E-state index contributed by atoms with van der Waals surface area (Å²) in [5.41, 5.74) is -1.10. The fraction of sp³-hybridized carbons (Fsp3) is 0.0400. The maximum Gasteiger partial charge on any atom is 0.339 e. The number of halogens is 2. The van der Waals surface area contributed by atoms with Gasteiger partial charge in [0.15, 0.2) is 0 Å². The summed E-state index contributed by atoms with van der Waals surface area (Å²) < 4.78 is 1.63. The first-order valence-electron chi connectivity index (χ1n) is 9.82. The van der Waals surface area contributed by atoms with Crippen molar-refractivity contribution in [2.75, 3.05) is 9.80 Å². The van der Waals surface area contributed by atoms with Crippen LogP contribution in [-0.2, 0) is 10.5 Å². The van der Waals surface area contributed by atoms with E-state index in [1.807, 2.05) is 30.3 Å². The van der Waals surface area contributed by atoms with E-state index in [4.69, 9.17) is 0 Å². The van der Waals surface area contributed by atoms with Crippen molar-refractivity contribution in [2.24, 2.45) is 0 Å². The molecule has 1 N–H and O–H groups in total. The molecule has 1 aliphatic heterocycles. The van der Waals surface area contributed by atoms with Crippen molar-refractivity contribution in [3.8, 4) is 0 Å². The first-order chi connectivity index (χ1) is 15.4. The van der Waals surface area contributed by atoms with Gasteiger partial charge in [0.1, 0.15) is 0 Å². The lowest BCUT2D eigenvalue weighted by atomic mass is 9.94. The van der Waals surface area contributed by atoms with E-state index in [0.29, 0.717) is 22.3 Å². The highest BCUT2D eigenvalue weighted by Gasteiger charge is 2.59. The third-order valence-electron chi connectivity index (χ3n) is 5.54. The highest BCUT2D eigenvalue weighted by atomic mass is 79.9. The van der Waals surface area contributed by atoms with E-state index in [-0.39, 0.29) is 0 Å². The number of urea groups is 1. The van der Waals surface area contributed by atoms with Crippen LogP contribution in [-0.4, -0.2) is 17.0 Å². The van der Waals surface area contributed by atoms with Crippen LogP contribution in [0.4, 0.5) is 16.2 Å². The Morgan fingerprint density at radius 2 is 1.25 bits per heavy atom. The number of rotatable bonds is 3. The van der Waals surface area contributed by atoms with Crippen molar-refractivity contribution in [2.45, 2.75) is 5.72 Å². The number of hydrogen-bond acceptors (Lipinski definition) is 3. The van der Waals surface area contributed by atoms with Gasteiger partial charge in [-0.2, -0.15) is 0 Å². The Morgan fingerprint density at radius 3 is 1.91 bits per heavy atom. The monoisotopic (exact) mass is 550 g/mol. The average Bonchev–Trinajstić information content (AvgIpc) is 3.01. The lowest BCUT2D eigenvalue weighted by Gasteiger charge is -2.31. The average molecular weight is 552 g/mol. The number of anilines is 2. The number of aliphatic hydroxyl groups is 1. The second-order valence-corrected chi connectivity index (χ2v) is 9.24. The number of carbonyl (C=O) groups is 2. The molecule has 1 atom stereocenters. The Hall–Kier alpha value is -3.00. The third kappa shape index (κ3) is 3.16. The summed E-state index contributed by atoms with van der Waals surface area (Å²) >= 11 is 6.77. The smallest absolute Gasteiger partial charge is 0.339 e. The number of fused-ring (bicyclic) bond motifs is 1. The quantitative estimate of drug-likeness (QED) is 0.309. The van der Waals surface area contributed by atoms with Gasteiger partial charge in [0, 0.05) is 20.2 Å². The number of imide groups is 1. The largest absolute Gasteiger partial charge is 0.359 e. The Bertz CT molecular complexity index is 1350. The molecule has 1 heterocycles. The summed E-state index contributed by atoms with van der Waals surface area (Å²) in [5.74, 6) is -0.732. The molecule has 4 aromatic rings. The van der Waals surface area contributed by atoms with Gasteiger partial charge in [0.05, 0.1) is 5.69 Å². The first kappa shape index (κ1) is 20.9. The minimum absolute atomic E-state index is 0.344. The minimum atomic E-state index is -2.22. The Labute approximate surface area is 201 Å². The second kappa shape index (κ2) is 7.85.